The summed E-state index contributed by atoms with van der Waals surface area (Å²) in [6.45, 7) is 0. The number of anilines is 1. The molecule has 4 nitrogen and oxygen atoms in total. The molecule has 0 spiro atoms. The molecule has 0 saturated carbocycles. The van der Waals surface area contributed by atoms with Gasteiger partial charge in [-0.2, -0.15) is 5.26 Å². The van der Waals surface area contributed by atoms with E-state index in [1.165, 1.54) is 12.8 Å². The minimum absolute atomic E-state index is 0.332. The second-order valence-electron chi connectivity index (χ2n) is 5.52. The average molecular weight is 257 g/mol. The predicted octanol–water partition coefficient (Wildman–Crippen LogP) is 2.03. The van der Waals surface area contributed by atoms with Gasteiger partial charge in [-0.3, -0.25) is 0 Å². The van der Waals surface area contributed by atoms with Crippen molar-refractivity contribution in [2.75, 3.05) is 12.0 Å². The molecule has 1 aromatic carbocycles. The van der Waals surface area contributed by atoms with Crippen LogP contribution in [0.3, 0.4) is 0 Å². The van der Waals surface area contributed by atoms with E-state index < -0.39 is 0 Å². The van der Waals surface area contributed by atoms with Crippen molar-refractivity contribution in [3.05, 3.63) is 23.8 Å². The quantitative estimate of drug-likeness (QED) is 0.880. The van der Waals surface area contributed by atoms with Crippen LogP contribution in [0.2, 0.25) is 0 Å². The predicted molar refractivity (Wildman–Crippen MR) is 74.2 cm³/mol. The van der Waals surface area contributed by atoms with Gasteiger partial charge in [0.15, 0.2) is 0 Å². The van der Waals surface area contributed by atoms with Crippen molar-refractivity contribution in [1.29, 1.82) is 5.26 Å². The zero-order valence-corrected chi connectivity index (χ0v) is 11.2. The second kappa shape index (κ2) is 4.75. The van der Waals surface area contributed by atoms with E-state index in [2.05, 4.69) is 11.0 Å². The van der Waals surface area contributed by atoms with Gasteiger partial charge in [0.1, 0.15) is 5.75 Å². The number of nitrogens with zero attached hydrogens (tertiary/aromatic N) is 2. The minimum atomic E-state index is 0.332. The maximum absolute atomic E-state index is 8.97. The molecule has 3 rings (SSSR count). The highest BCUT2D eigenvalue weighted by Gasteiger charge is 2.40. The summed E-state index contributed by atoms with van der Waals surface area (Å²) in [5.41, 5.74) is 7.86. The van der Waals surface area contributed by atoms with E-state index in [-0.39, 0.29) is 0 Å². The van der Waals surface area contributed by atoms with Gasteiger partial charge in [0.25, 0.3) is 0 Å². The molecule has 0 aliphatic carbocycles. The van der Waals surface area contributed by atoms with Crippen molar-refractivity contribution >= 4 is 5.69 Å². The van der Waals surface area contributed by atoms with Crippen molar-refractivity contribution < 1.29 is 4.74 Å². The molecule has 2 bridgehead atoms. The molecule has 0 amide bonds. The van der Waals surface area contributed by atoms with E-state index in [1.807, 2.05) is 18.2 Å². The van der Waals surface area contributed by atoms with E-state index in [0.717, 1.165) is 24.3 Å². The van der Waals surface area contributed by atoms with Crippen molar-refractivity contribution in [3.8, 4) is 11.8 Å². The molecule has 2 fully saturated rings. The maximum Gasteiger partial charge on any atom is 0.143 e. The Morgan fingerprint density at radius 3 is 2.58 bits per heavy atom. The van der Waals surface area contributed by atoms with E-state index in [4.69, 9.17) is 15.7 Å². The van der Waals surface area contributed by atoms with Crippen LogP contribution in [0.15, 0.2) is 18.2 Å². The summed E-state index contributed by atoms with van der Waals surface area (Å²) in [4.78, 5) is 2.46. The lowest BCUT2D eigenvalue weighted by atomic mass is 9.97. The standard InChI is InChI=1S/C15H19N3O/c1-19-15-6-10(9-16)2-5-14(15)18-12-3-4-13(18)8-11(17)7-12/h2,5-6,11-13H,3-4,7-8,17H2,1H3. The molecule has 2 unspecified atom stereocenters. The monoisotopic (exact) mass is 257 g/mol. The number of benzene rings is 1. The molecule has 0 aromatic heterocycles. The molecule has 100 valence electrons. The molecule has 2 saturated heterocycles. The molecular formula is C15H19N3O. The summed E-state index contributed by atoms with van der Waals surface area (Å²) in [5.74, 6) is 0.798. The fourth-order valence-electron chi connectivity index (χ4n) is 3.57. The number of hydrogen-bond donors (Lipinski definition) is 1. The number of piperidine rings is 1. The highest BCUT2D eigenvalue weighted by Crippen LogP contribution is 2.42. The largest absolute Gasteiger partial charge is 0.495 e. The smallest absolute Gasteiger partial charge is 0.143 e. The fourth-order valence-corrected chi connectivity index (χ4v) is 3.57. The van der Waals surface area contributed by atoms with Gasteiger partial charge in [0.05, 0.1) is 24.4 Å². The lowest BCUT2D eigenvalue weighted by Gasteiger charge is -2.40. The van der Waals surface area contributed by atoms with E-state index in [0.29, 0.717) is 23.7 Å². The Hall–Kier alpha value is -1.73. The Morgan fingerprint density at radius 2 is 2.00 bits per heavy atom. The van der Waals surface area contributed by atoms with Crippen LogP contribution in [0.1, 0.15) is 31.2 Å². The summed E-state index contributed by atoms with van der Waals surface area (Å²) in [6.07, 6.45) is 4.53. The SMILES string of the molecule is COc1cc(C#N)ccc1N1C2CCC1CC(N)C2. The van der Waals surface area contributed by atoms with Crippen LogP contribution in [0.5, 0.6) is 5.75 Å². The van der Waals surface area contributed by atoms with Gasteiger partial charge < -0.3 is 15.4 Å². The molecule has 2 heterocycles. The third kappa shape index (κ3) is 2.04. The van der Waals surface area contributed by atoms with Crippen LogP contribution in [-0.4, -0.2) is 25.2 Å². The summed E-state index contributed by atoms with van der Waals surface area (Å²) < 4.78 is 5.47. The Balaban J connectivity index is 1.97. The van der Waals surface area contributed by atoms with Crippen LogP contribution in [0.4, 0.5) is 5.69 Å². The van der Waals surface area contributed by atoms with Gasteiger partial charge in [-0.05, 0) is 37.8 Å². The van der Waals surface area contributed by atoms with Crippen LogP contribution >= 0.6 is 0 Å². The zero-order chi connectivity index (χ0) is 13.4. The van der Waals surface area contributed by atoms with Crippen molar-refractivity contribution in [2.45, 2.75) is 43.8 Å². The van der Waals surface area contributed by atoms with Gasteiger partial charge in [0, 0.05) is 24.2 Å². The summed E-state index contributed by atoms with van der Waals surface area (Å²) in [5, 5.41) is 8.97. The van der Waals surface area contributed by atoms with Crippen LogP contribution in [-0.2, 0) is 0 Å². The number of rotatable bonds is 2. The van der Waals surface area contributed by atoms with Crippen LogP contribution in [0, 0.1) is 11.3 Å². The summed E-state index contributed by atoms with van der Waals surface area (Å²) in [7, 11) is 1.66. The van der Waals surface area contributed by atoms with Crippen molar-refractivity contribution in [1.82, 2.24) is 0 Å². The number of nitriles is 1. The molecule has 2 atom stereocenters. The molecule has 2 N–H and O–H groups in total. The average Bonchev–Trinajstić information content (AvgIpc) is 2.69. The molecule has 2 aliphatic rings. The first-order valence-corrected chi connectivity index (χ1v) is 6.85. The topological polar surface area (TPSA) is 62.3 Å². The Bertz CT molecular complexity index is 509. The minimum Gasteiger partial charge on any atom is -0.495 e. The number of nitrogens with two attached hydrogens (primary N) is 1. The van der Waals surface area contributed by atoms with Crippen molar-refractivity contribution in [2.24, 2.45) is 5.73 Å². The van der Waals surface area contributed by atoms with Gasteiger partial charge >= 0.3 is 0 Å². The Morgan fingerprint density at radius 1 is 1.32 bits per heavy atom. The maximum atomic E-state index is 8.97. The summed E-state index contributed by atoms with van der Waals surface area (Å²) >= 11 is 0. The lowest BCUT2D eigenvalue weighted by Crippen LogP contribution is -2.47. The third-order valence-electron chi connectivity index (χ3n) is 4.36. The summed E-state index contributed by atoms with van der Waals surface area (Å²) in [6, 6.07) is 9.24. The molecule has 19 heavy (non-hydrogen) atoms. The van der Waals surface area contributed by atoms with Gasteiger partial charge in [-0.15, -0.1) is 0 Å². The molecule has 0 radical (unpaired) electrons. The number of ether oxygens (including phenoxy) is 1. The van der Waals surface area contributed by atoms with Gasteiger partial charge in [-0.1, -0.05) is 0 Å². The van der Waals surface area contributed by atoms with Crippen molar-refractivity contribution in [3.63, 3.8) is 0 Å². The highest BCUT2D eigenvalue weighted by atomic mass is 16.5. The number of hydrogen-bond acceptors (Lipinski definition) is 4. The third-order valence-corrected chi connectivity index (χ3v) is 4.36. The second-order valence-corrected chi connectivity index (χ2v) is 5.52. The molecule has 2 aliphatic heterocycles. The van der Waals surface area contributed by atoms with E-state index in [1.54, 1.807) is 7.11 Å². The fraction of sp³-hybridized carbons (Fsp3) is 0.533. The normalized spacial score (nSPS) is 29.1. The van der Waals surface area contributed by atoms with Crippen LogP contribution in [0.25, 0.3) is 0 Å². The first-order chi connectivity index (χ1) is 9.22. The first-order valence-electron chi connectivity index (χ1n) is 6.85. The van der Waals surface area contributed by atoms with E-state index in [9.17, 15) is 0 Å². The van der Waals surface area contributed by atoms with Gasteiger partial charge in [0.2, 0.25) is 0 Å². The highest BCUT2D eigenvalue weighted by molar-refractivity contribution is 5.63. The molecule has 1 aromatic rings. The molecule has 4 heteroatoms. The lowest BCUT2D eigenvalue weighted by molar-refractivity contribution is 0.391. The Kier molecular flexibility index (Phi) is 3.08. The number of methoxy groups -OCH3 is 1. The van der Waals surface area contributed by atoms with Crippen LogP contribution < -0.4 is 15.4 Å². The Labute approximate surface area is 113 Å². The van der Waals surface area contributed by atoms with E-state index >= 15 is 0 Å². The van der Waals surface area contributed by atoms with Gasteiger partial charge in [-0.25, -0.2) is 0 Å². The zero-order valence-electron chi connectivity index (χ0n) is 11.2. The molecular weight excluding hydrogens is 238 g/mol. The first kappa shape index (κ1) is 12.3. The number of fused-ring (bicyclic) bond motifs is 2.